The van der Waals surface area contributed by atoms with Crippen LogP contribution in [0.2, 0.25) is 5.02 Å². The van der Waals surface area contributed by atoms with Crippen LogP contribution in [0.3, 0.4) is 0 Å². The summed E-state index contributed by atoms with van der Waals surface area (Å²) in [5, 5.41) is 7.17. The Hall–Kier alpha value is -1.31. The topological polar surface area (TPSA) is 79.8 Å². The van der Waals surface area contributed by atoms with Crippen molar-refractivity contribution in [3.05, 3.63) is 34.9 Å². The molecule has 1 aliphatic heterocycles. The van der Waals surface area contributed by atoms with E-state index in [1.165, 1.54) is 11.8 Å². The van der Waals surface area contributed by atoms with Crippen LogP contribution in [0.4, 0.5) is 0 Å². The van der Waals surface area contributed by atoms with E-state index < -0.39 is 14.6 Å². The van der Waals surface area contributed by atoms with Gasteiger partial charge in [0.1, 0.15) is 0 Å². The molecule has 1 aliphatic rings. The van der Waals surface area contributed by atoms with Crippen LogP contribution in [0.25, 0.3) is 0 Å². The van der Waals surface area contributed by atoms with Crippen LogP contribution in [0.5, 0.6) is 0 Å². The molecule has 1 aromatic carbocycles. The van der Waals surface area contributed by atoms with Gasteiger partial charge < -0.3 is 15.4 Å². The van der Waals surface area contributed by atoms with Crippen LogP contribution in [0, 0.1) is 0 Å². The fourth-order valence-electron chi connectivity index (χ4n) is 2.93. The summed E-state index contributed by atoms with van der Waals surface area (Å²) < 4.78 is 29.2. The predicted molar refractivity (Wildman–Crippen MR) is 107 cm³/mol. The second kappa shape index (κ2) is 9.58. The Labute approximate surface area is 161 Å². The van der Waals surface area contributed by atoms with Crippen molar-refractivity contribution in [3.63, 3.8) is 0 Å². The minimum absolute atomic E-state index is 0.242. The number of aliphatic imine (C=N–C) groups is 1. The van der Waals surface area contributed by atoms with Gasteiger partial charge in [-0.3, -0.25) is 4.99 Å². The van der Waals surface area contributed by atoms with Crippen molar-refractivity contribution >= 4 is 27.4 Å². The lowest BCUT2D eigenvalue weighted by atomic mass is 9.99. The van der Waals surface area contributed by atoms with E-state index in [4.69, 9.17) is 16.3 Å². The maximum atomic E-state index is 12.3. The Kier molecular flexibility index (Phi) is 7.73. The lowest BCUT2D eigenvalue weighted by molar-refractivity contribution is 0.0768. The molecule has 1 heterocycles. The molecule has 0 radical (unpaired) electrons. The summed E-state index contributed by atoms with van der Waals surface area (Å²) in [5.74, 6) is 0.635. The third-order valence-corrected chi connectivity index (χ3v) is 7.04. The number of hydrogen-bond donors (Lipinski definition) is 2. The average Bonchev–Trinajstić information content (AvgIpc) is 2.61. The number of nitrogens with one attached hydrogen (secondary N) is 2. The fourth-order valence-corrected chi connectivity index (χ4v) is 4.26. The molecule has 0 aromatic heterocycles. The first-order valence-corrected chi connectivity index (χ1v) is 11.2. The average molecular weight is 402 g/mol. The molecule has 26 heavy (non-hydrogen) atoms. The summed E-state index contributed by atoms with van der Waals surface area (Å²) >= 11 is 5.90. The zero-order valence-corrected chi connectivity index (χ0v) is 17.0. The van der Waals surface area contributed by atoms with E-state index in [-0.39, 0.29) is 6.54 Å². The zero-order valence-electron chi connectivity index (χ0n) is 15.4. The first-order chi connectivity index (χ1) is 12.4. The monoisotopic (exact) mass is 401 g/mol. The highest BCUT2D eigenvalue weighted by atomic mass is 35.5. The van der Waals surface area contributed by atoms with Crippen LogP contribution in [-0.4, -0.2) is 58.2 Å². The highest BCUT2D eigenvalue weighted by molar-refractivity contribution is 7.92. The molecule has 1 saturated heterocycles. The highest BCUT2D eigenvalue weighted by Crippen LogP contribution is 2.29. The Balaban J connectivity index is 1.99. The molecule has 0 spiro atoms. The summed E-state index contributed by atoms with van der Waals surface area (Å²) in [6, 6.07) is 7.73. The molecule has 2 rings (SSSR count). The Morgan fingerprint density at radius 1 is 1.23 bits per heavy atom. The van der Waals surface area contributed by atoms with E-state index in [0.717, 1.165) is 11.4 Å². The van der Waals surface area contributed by atoms with Crippen LogP contribution >= 0.6 is 11.6 Å². The zero-order chi connectivity index (χ0) is 19.0. The number of hydrogen-bond acceptors (Lipinski definition) is 4. The van der Waals surface area contributed by atoms with Crippen molar-refractivity contribution in [3.8, 4) is 0 Å². The molecule has 8 heteroatoms. The van der Waals surface area contributed by atoms with Crippen molar-refractivity contribution in [2.24, 2.45) is 4.99 Å². The molecule has 0 bridgehead atoms. The minimum Gasteiger partial charge on any atom is -0.381 e. The van der Waals surface area contributed by atoms with Gasteiger partial charge in [-0.05, 0) is 43.9 Å². The smallest absolute Gasteiger partial charge is 0.191 e. The molecule has 0 amide bonds. The Morgan fingerprint density at radius 3 is 2.46 bits per heavy atom. The first-order valence-electron chi connectivity index (χ1n) is 8.90. The predicted octanol–water partition coefficient (Wildman–Crippen LogP) is 2.03. The molecule has 146 valence electrons. The van der Waals surface area contributed by atoms with Crippen molar-refractivity contribution in [2.75, 3.05) is 39.1 Å². The second-order valence-electron chi connectivity index (χ2n) is 6.57. The summed E-state index contributed by atoms with van der Waals surface area (Å²) in [4.78, 5) is 4.56. The lowest BCUT2D eigenvalue weighted by Gasteiger charge is -2.34. The van der Waals surface area contributed by atoms with Gasteiger partial charge in [0.25, 0.3) is 0 Å². The van der Waals surface area contributed by atoms with Gasteiger partial charge in [0.05, 0.1) is 11.3 Å². The van der Waals surface area contributed by atoms with Gasteiger partial charge in [-0.25, -0.2) is 8.42 Å². The maximum absolute atomic E-state index is 12.3. The molecule has 2 N–H and O–H groups in total. The third-order valence-electron chi connectivity index (χ3n) is 4.68. The number of nitrogens with zero attached hydrogens (tertiary/aromatic N) is 1. The molecular weight excluding hydrogens is 374 g/mol. The Bertz CT molecular complexity index is 699. The van der Waals surface area contributed by atoms with Gasteiger partial charge in [-0.15, -0.1) is 0 Å². The molecule has 0 atom stereocenters. The molecule has 0 unspecified atom stereocenters. The van der Waals surface area contributed by atoms with E-state index >= 15 is 0 Å². The SMILES string of the molecule is CCNC(=NCC1(S(C)(=O)=O)CCOCC1)NCCc1ccc(Cl)cc1. The first kappa shape index (κ1) is 21.0. The summed E-state index contributed by atoms with van der Waals surface area (Å²) in [7, 11) is -3.22. The fraction of sp³-hybridized carbons (Fsp3) is 0.611. The van der Waals surface area contributed by atoms with Crippen LogP contribution in [-0.2, 0) is 21.0 Å². The number of rotatable bonds is 7. The van der Waals surface area contributed by atoms with Crippen molar-refractivity contribution < 1.29 is 13.2 Å². The third kappa shape index (κ3) is 5.86. The quantitative estimate of drug-likeness (QED) is 0.539. The molecule has 1 fully saturated rings. The molecular formula is C18H28ClN3O3S. The maximum Gasteiger partial charge on any atom is 0.191 e. The van der Waals surface area contributed by atoms with E-state index in [1.54, 1.807) is 0 Å². The summed E-state index contributed by atoms with van der Waals surface area (Å²) in [6.45, 7) is 4.55. The molecule has 6 nitrogen and oxygen atoms in total. The number of sulfone groups is 1. The van der Waals surface area contributed by atoms with Gasteiger partial charge in [0, 0.05) is 37.6 Å². The summed E-state index contributed by atoms with van der Waals surface area (Å²) in [5.41, 5.74) is 1.18. The number of halogens is 1. The standard InChI is InChI=1S/C18H28ClN3O3S/c1-3-20-17(21-11-8-15-4-6-16(19)7-5-15)22-14-18(26(2,23)24)9-12-25-13-10-18/h4-7H,3,8-14H2,1-2H3,(H2,20,21,22). The van der Waals surface area contributed by atoms with E-state index in [2.05, 4.69) is 15.6 Å². The van der Waals surface area contributed by atoms with Gasteiger partial charge >= 0.3 is 0 Å². The van der Waals surface area contributed by atoms with Crippen LogP contribution in [0.1, 0.15) is 25.3 Å². The van der Waals surface area contributed by atoms with Gasteiger partial charge in [0.15, 0.2) is 15.8 Å². The highest BCUT2D eigenvalue weighted by Gasteiger charge is 2.42. The number of ether oxygens (including phenoxy) is 1. The largest absolute Gasteiger partial charge is 0.381 e. The van der Waals surface area contributed by atoms with Crippen molar-refractivity contribution in [1.29, 1.82) is 0 Å². The molecule has 0 aliphatic carbocycles. The van der Waals surface area contributed by atoms with Gasteiger partial charge in [0.2, 0.25) is 0 Å². The summed E-state index contributed by atoms with van der Waals surface area (Å²) in [6.07, 6.45) is 3.10. The normalized spacial score (nSPS) is 17.7. The van der Waals surface area contributed by atoms with Crippen molar-refractivity contribution in [2.45, 2.75) is 30.9 Å². The minimum atomic E-state index is -3.22. The van der Waals surface area contributed by atoms with E-state index in [9.17, 15) is 8.42 Å². The second-order valence-corrected chi connectivity index (χ2v) is 9.41. The van der Waals surface area contributed by atoms with Crippen LogP contribution in [0.15, 0.2) is 29.3 Å². The van der Waals surface area contributed by atoms with Gasteiger partial charge in [-0.2, -0.15) is 0 Å². The number of benzene rings is 1. The van der Waals surface area contributed by atoms with Gasteiger partial charge in [-0.1, -0.05) is 23.7 Å². The van der Waals surface area contributed by atoms with E-state index in [1.807, 2.05) is 31.2 Å². The number of guanidine groups is 1. The Morgan fingerprint density at radius 2 is 1.88 bits per heavy atom. The molecule has 0 saturated carbocycles. The van der Waals surface area contributed by atoms with Crippen LogP contribution < -0.4 is 10.6 Å². The van der Waals surface area contributed by atoms with Crippen molar-refractivity contribution in [1.82, 2.24) is 10.6 Å². The molecule has 1 aromatic rings. The lowest BCUT2D eigenvalue weighted by Crippen LogP contribution is -2.47. The van der Waals surface area contributed by atoms with E-state index in [0.29, 0.717) is 45.1 Å².